The number of sulfone groups is 1. The molecule has 110 valence electrons. The Bertz CT molecular complexity index is 705. The third-order valence-corrected chi connectivity index (χ3v) is 6.47. The third-order valence-electron chi connectivity index (χ3n) is 2.76. The topological polar surface area (TPSA) is 89.2 Å². The normalized spacial score (nSPS) is 11.8. The van der Waals surface area contributed by atoms with Crippen LogP contribution < -0.4 is 10.6 Å². The molecule has 9 heteroatoms. The van der Waals surface area contributed by atoms with Gasteiger partial charge in [-0.05, 0) is 18.5 Å². The molecular formula is C11H16N4O2S3. The van der Waals surface area contributed by atoms with Crippen molar-refractivity contribution in [3.8, 4) is 0 Å². The lowest BCUT2D eigenvalue weighted by Gasteiger charge is -2.17. The molecule has 0 aromatic carbocycles. The van der Waals surface area contributed by atoms with E-state index in [1.165, 1.54) is 0 Å². The molecule has 0 atom stereocenters. The van der Waals surface area contributed by atoms with E-state index in [2.05, 4.69) is 9.36 Å². The number of hydrogen-bond donors (Lipinski definition) is 1. The minimum absolute atomic E-state index is 0.00621. The maximum absolute atomic E-state index is 12.1. The van der Waals surface area contributed by atoms with Crippen molar-refractivity contribution in [3.05, 3.63) is 16.1 Å². The lowest BCUT2D eigenvalue weighted by atomic mass is 10.4. The van der Waals surface area contributed by atoms with Crippen LogP contribution in [0.4, 0.5) is 10.8 Å². The number of hydrogen-bond acceptors (Lipinski definition) is 8. The highest BCUT2D eigenvalue weighted by Crippen LogP contribution is 2.35. The molecule has 0 saturated heterocycles. The average molecular weight is 332 g/mol. The highest BCUT2D eigenvalue weighted by atomic mass is 32.2. The Kier molecular flexibility index (Phi) is 4.31. The van der Waals surface area contributed by atoms with Gasteiger partial charge in [0.2, 0.25) is 0 Å². The first-order chi connectivity index (χ1) is 9.35. The maximum atomic E-state index is 12.1. The van der Waals surface area contributed by atoms with E-state index < -0.39 is 9.84 Å². The minimum atomic E-state index is -3.38. The van der Waals surface area contributed by atoms with Gasteiger partial charge in [-0.2, -0.15) is 4.37 Å². The van der Waals surface area contributed by atoms with E-state index in [1.807, 2.05) is 24.3 Å². The van der Waals surface area contributed by atoms with Gasteiger partial charge < -0.3 is 10.6 Å². The van der Waals surface area contributed by atoms with E-state index in [1.54, 1.807) is 18.3 Å². The fraction of sp³-hybridized carbons (Fsp3) is 0.455. The standard InChI is InChI=1S/C11H16N4O2S3/c1-4-20(16,17)9-10(12)14-19-11(9)15(3)5-8-6-18-7(2)13-8/h6H,4-5H2,1-3H3,(H2,12,14). The number of nitrogens with zero attached hydrogens (tertiary/aromatic N) is 3. The van der Waals surface area contributed by atoms with Gasteiger partial charge in [0.25, 0.3) is 0 Å². The van der Waals surface area contributed by atoms with Crippen LogP contribution in [0.5, 0.6) is 0 Å². The zero-order valence-electron chi connectivity index (χ0n) is 11.5. The number of aryl methyl sites for hydroxylation is 1. The summed E-state index contributed by atoms with van der Waals surface area (Å²) in [7, 11) is -1.57. The Hall–Kier alpha value is -1.19. The molecule has 2 rings (SSSR count). The molecule has 2 N–H and O–H groups in total. The van der Waals surface area contributed by atoms with Crippen molar-refractivity contribution >= 4 is 43.5 Å². The van der Waals surface area contributed by atoms with Gasteiger partial charge in [0.1, 0.15) is 9.90 Å². The van der Waals surface area contributed by atoms with E-state index in [0.717, 1.165) is 22.2 Å². The van der Waals surface area contributed by atoms with Crippen molar-refractivity contribution < 1.29 is 8.42 Å². The fourth-order valence-corrected chi connectivity index (χ4v) is 4.66. The summed E-state index contributed by atoms with van der Waals surface area (Å²) in [5, 5.41) is 3.51. The van der Waals surface area contributed by atoms with Crippen LogP contribution in [0.3, 0.4) is 0 Å². The van der Waals surface area contributed by atoms with Gasteiger partial charge in [0.05, 0.1) is 23.0 Å². The van der Waals surface area contributed by atoms with Gasteiger partial charge in [0.15, 0.2) is 15.7 Å². The third kappa shape index (κ3) is 2.94. The second-order valence-corrected chi connectivity index (χ2v) is 8.35. The summed E-state index contributed by atoms with van der Waals surface area (Å²) in [4.78, 5) is 6.34. The van der Waals surface area contributed by atoms with Crippen LogP contribution in [0, 0.1) is 6.92 Å². The van der Waals surface area contributed by atoms with Crippen molar-refractivity contribution in [2.45, 2.75) is 25.3 Å². The summed E-state index contributed by atoms with van der Waals surface area (Å²) in [6.45, 7) is 4.06. The molecule has 0 aliphatic heterocycles. The van der Waals surface area contributed by atoms with Crippen LogP contribution in [-0.2, 0) is 16.4 Å². The molecule has 0 aliphatic rings. The first-order valence-corrected chi connectivity index (χ1v) is 9.25. The van der Waals surface area contributed by atoms with Gasteiger partial charge in [-0.15, -0.1) is 11.3 Å². The zero-order chi connectivity index (χ0) is 14.9. The molecule has 2 heterocycles. The second-order valence-electron chi connectivity index (χ2n) is 4.32. The molecule has 0 fully saturated rings. The predicted molar refractivity (Wildman–Crippen MR) is 83.2 cm³/mol. The summed E-state index contributed by atoms with van der Waals surface area (Å²) in [6.07, 6.45) is 0. The molecule has 2 aromatic heterocycles. The average Bonchev–Trinajstić information content (AvgIpc) is 2.96. The molecule has 0 aliphatic carbocycles. The maximum Gasteiger partial charge on any atom is 0.184 e. The number of nitrogen functional groups attached to an aromatic ring is 1. The highest BCUT2D eigenvalue weighted by Gasteiger charge is 2.26. The van der Waals surface area contributed by atoms with Crippen LogP contribution >= 0.6 is 22.9 Å². The van der Waals surface area contributed by atoms with E-state index in [-0.39, 0.29) is 16.5 Å². The number of nitrogens with two attached hydrogens (primary N) is 1. The predicted octanol–water partition coefficient (Wildman–Crippen LogP) is 1.92. The van der Waals surface area contributed by atoms with E-state index in [4.69, 9.17) is 5.73 Å². The molecular weight excluding hydrogens is 316 g/mol. The molecule has 6 nitrogen and oxygen atoms in total. The van der Waals surface area contributed by atoms with Crippen LogP contribution in [0.25, 0.3) is 0 Å². The molecule has 0 unspecified atom stereocenters. The molecule has 0 spiro atoms. The Labute approximate surface area is 126 Å². The fourth-order valence-electron chi connectivity index (χ4n) is 1.76. The molecule has 0 bridgehead atoms. The summed E-state index contributed by atoms with van der Waals surface area (Å²) < 4.78 is 28.2. The van der Waals surface area contributed by atoms with Crippen LogP contribution in [-0.4, -0.2) is 30.6 Å². The number of rotatable bonds is 5. The lowest BCUT2D eigenvalue weighted by molar-refractivity contribution is 0.597. The van der Waals surface area contributed by atoms with Gasteiger partial charge in [0, 0.05) is 12.4 Å². The van der Waals surface area contributed by atoms with E-state index in [0.29, 0.717) is 11.5 Å². The van der Waals surface area contributed by atoms with Crippen molar-refractivity contribution in [2.75, 3.05) is 23.4 Å². The van der Waals surface area contributed by atoms with Crippen molar-refractivity contribution in [1.29, 1.82) is 0 Å². The first-order valence-electron chi connectivity index (χ1n) is 5.95. The molecule has 2 aromatic rings. The quantitative estimate of drug-likeness (QED) is 0.900. The van der Waals surface area contributed by atoms with Crippen molar-refractivity contribution in [1.82, 2.24) is 9.36 Å². The van der Waals surface area contributed by atoms with E-state index in [9.17, 15) is 8.42 Å². The largest absolute Gasteiger partial charge is 0.382 e. The summed E-state index contributed by atoms with van der Waals surface area (Å²) in [6, 6.07) is 0. The smallest absolute Gasteiger partial charge is 0.184 e. The Morgan fingerprint density at radius 2 is 2.15 bits per heavy atom. The Morgan fingerprint density at radius 3 is 2.70 bits per heavy atom. The summed E-state index contributed by atoms with van der Waals surface area (Å²) in [5.41, 5.74) is 6.62. The molecule has 20 heavy (non-hydrogen) atoms. The van der Waals surface area contributed by atoms with Crippen molar-refractivity contribution in [2.24, 2.45) is 0 Å². The zero-order valence-corrected chi connectivity index (χ0v) is 13.9. The van der Waals surface area contributed by atoms with Gasteiger partial charge in [-0.3, -0.25) is 0 Å². The van der Waals surface area contributed by atoms with Crippen LogP contribution in [0.2, 0.25) is 0 Å². The monoisotopic (exact) mass is 332 g/mol. The second kappa shape index (κ2) is 5.66. The number of thiazole rings is 1. The minimum Gasteiger partial charge on any atom is -0.382 e. The van der Waals surface area contributed by atoms with Gasteiger partial charge in [-0.25, -0.2) is 13.4 Å². The van der Waals surface area contributed by atoms with Crippen LogP contribution in [0.1, 0.15) is 17.6 Å². The lowest BCUT2D eigenvalue weighted by Crippen LogP contribution is -2.19. The molecule has 0 saturated carbocycles. The molecule has 0 amide bonds. The Balaban J connectivity index is 2.34. The van der Waals surface area contributed by atoms with Crippen LogP contribution in [0.15, 0.2) is 10.3 Å². The highest BCUT2D eigenvalue weighted by molar-refractivity contribution is 7.91. The van der Waals surface area contributed by atoms with Crippen molar-refractivity contribution in [3.63, 3.8) is 0 Å². The summed E-state index contributed by atoms with van der Waals surface area (Å²) in [5.74, 6) is 0.0832. The summed E-state index contributed by atoms with van der Waals surface area (Å²) >= 11 is 2.67. The number of aromatic nitrogens is 2. The SMILES string of the molecule is CCS(=O)(=O)c1c(N)nsc1N(C)Cc1csc(C)n1. The molecule has 0 radical (unpaired) electrons. The van der Waals surface area contributed by atoms with Gasteiger partial charge in [-0.1, -0.05) is 6.92 Å². The van der Waals surface area contributed by atoms with E-state index >= 15 is 0 Å². The van der Waals surface area contributed by atoms with Gasteiger partial charge >= 0.3 is 0 Å². The Morgan fingerprint density at radius 1 is 1.45 bits per heavy atom. The number of anilines is 2. The first kappa shape index (κ1) is 15.2.